The number of ether oxygens (including phenoxy) is 2. The second kappa shape index (κ2) is 11.3. The Morgan fingerprint density at radius 3 is 2.23 bits per heavy atom. The fourth-order valence-corrected chi connectivity index (χ4v) is 4.27. The highest BCUT2D eigenvalue weighted by Crippen LogP contribution is 2.35. The summed E-state index contributed by atoms with van der Waals surface area (Å²) >= 11 is 0. The average Bonchev–Trinajstić information content (AvgIpc) is 3.29. The van der Waals surface area contributed by atoms with Crippen LogP contribution in [0.4, 0.5) is 19.0 Å². The van der Waals surface area contributed by atoms with E-state index >= 15 is 0 Å². The van der Waals surface area contributed by atoms with E-state index in [4.69, 9.17) is 9.47 Å². The van der Waals surface area contributed by atoms with Gasteiger partial charge in [0, 0.05) is 18.2 Å². The molecule has 206 valence electrons. The fourth-order valence-electron chi connectivity index (χ4n) is 3.63. The van der Waals surface area contributed by atoms with Gasteiger partial charge >= 0.3 is 27.3 Å². The van der Waals surface area contributed by atoms with E-state index in [-0.39, 0.29) is 11.4 Å². The summed E-state index contributed by atoms with van der Waals surface area (Å²) < 4.78 is 78.1. The zero-order valence-corrected chi connectivity index (χ0v) is 20.6. The summed E-state index contributed by atoms with van der Waals surface area (Å²) in [5, 5.41) is 2.44. The molecule has 1 fully saturated rings. The van der Waals surface area contributed by atoms with Crippen LogP contribution >= 0.6 is 0 Å². The van der Waals surface area contributed by atoms with Gasteiger partial charge in [-0.2, -0.15) is 26.6 Å². The maximum absolute atomic E-state index is 13.0. The lowest BCUT2D eigenvalue weighted by Crippen LogP contribution is -2.36. The predicted octanol–water partition coefficient (Wildman–Crippen LogP) is 2.87. The molecule has 0 saturated carbocycles. The monoisotopic (exact) mass is 567 g/mol. The van der Waals surface area contributed by atoms with Crippen LogP contribution in [0.3, 0.4) is 0 Å². The topological polar surface area (TPSA) is 143 Å². The number of rotatable bonds is 8. The number of carbonyl (C=O) groups is 2. The van der Waals surface area contributed by atoms with Crippen LogP contribution in [-0.2, 0) is 23.8 Å². The van der Waals surface area contributed by atoms with Crippen molar-refractivity contribution in [3.05, 3.63) is 94.5 Å². The molecule has 0 spiro atoms. The van der Waals surface area contributed by atoms with Gasteiger partial charge in [0.2, 0.25) is 0 Å². The number of halogens is 3. The molecule has 0 radical (unpaired) electrons. The molecule has 0 bridgehead atoms. The standard InChI is InChI=1S/C24H20F3N3O8S/c25-24(26,27)39(34,35)38-17-13-20(37-18(17)14-36-22(32)16-9-5-2-6-10-16)30-12-11-19(29-23(30)33)28-21(31)15-7-3-1-4-8-15/h1-12,17-18,20H,13-14H2,(H,28,29,31,33)/t17-,18+,20-/m0/s1. The quantitative estimate of drug-likeness (QED) is 0.247. The predicted molar refractivity (Wildman–Crippen MR) is 128 cm³/mol. The molecule has 3 aromatic rings. The van der Waals surface area contributed by atoms with E-state index in [1.807, 2.05) is 0 Å². The molecule has 1 saturated heterocycles. The molecule has 39 heavy (non-hydrogen) atoms. The molecule has 15 heteroatoms. The van der Waals surface area contributed by atoms with Crippen LogP contribution in [0.1, 0.15) is 33.4 Å². The Kier molecular flexibility index (Phi) is 8.13. The molecule has 1 aliphatic rings. The molecule has 1 N–H and O–H groups in total. The smallest absolute Gasteiger partial charge is 0.459 e. The van der Waals surface area contributed by atoms with Gasteiger partial charge in [-0.3, -0.25) is 13.5 Å². The van der Waals surface area contributed by atoms with Crippen molar-refractivity contribution in [1.29, 1.82) is 0 Å². The SMILES string of the molecule is O=C(Nc1ccn([C@@H]2C[C@H](OS(=O)(=O)C(F)(F)F)[C@@H](COC(=O)c3ccccc3)O2)c(=O)n1)c1ccccc1. The number of aromatic nitrogens is 2. The Bertz CT molecular complexity index is 1500. The van der Waals surface area contributed by atoms with Gasteiger partial charge in [-0.1, -0.05) is 36.4 Å². The fraction of sp³-hybridized carbons (Fsp3) is 0.250. The number of carbonyl (C=O) groups excluding carboxylic acids is 2. The highest BCUT2D eigenvalue weighted by atomic mass is 32.2. The molecule has 1 amide bonds. The third-order valence-electron chi connectivity index (χ3n) is 5.52. The summed E-state index contributed by atoms with van der Waals surface area (Å²) in [7, 11) is -6.04. The number of hydrogen-bond acceptors (Lipinski definition) is 9. The zero-order valence-electron chi connectivity index (χ0n) is 19.8. The van der Waals surface area contributed by atoms with Crippen LogP contribution in [0.5, 0.6) is 0 Å². The van der Waals surface area contributed by atoms with Gasteiger partial charge in [0.05, 0.1) is 5.56 Å². The van der Waals surface area contributed by atoms with Gasteiger partial charge in [0.25, 0.3) is 5.91 Å². The average molecular weight is 567 g/mol. The summed E-state index contributed by atoms with van der Waals surface area (Å²) in [6.07, 6.45) is -3.93. The van der Waals surface area contributed by atoms with E-state index in [0.29, 0.717) is 5.56 Å². The molecule has 0 unspecified atom stereocenters. The summed E-state index contributed by atoms with van der Waals surface area (Å²) in [5.74, 6) is -1.48. The molecule has 2 aromatic carbocycles. The first-order valence-electron chi connectivity index (χ1n) is 11.3. The Balaban J connectivity index is 1.51. The number of anilines is 1. The number of nitrogens with zero attached hydrogens (tertiary/aromatic N) is 2. The third-order valence-corrected chi connectivity index (χ3v) is 6.59. The van der Waals surface area contributed by atoms with Crippen molar-refractivity contribution in [3.8, 4) is 0 Å². The second-order valence-corrected chi connectivity index (χ2v) is 9.75. The van der Waals surface area contributed by atoms with Crippen molar-refractivity contribution in [2.45, 2.75) is 30.4 Å². The molecule has 0 aliphatic carbocycles. The number of hydrogen-bond donors (Lipinski definition) is 1. The van der Waals surface area contributed by atoms with Crippen LogP contribution in [0.2, 0.25) is 0 Å². The van der Waals surface area contributed by atoms with Crippen molar-refractivity contribution >= 4 is 27.8 Å². The third kappa shape index (κ3) is 6.68. The molecular formula is C24H20F3N3O8S. The van der Waals surface area contributed by atoms with E-state index in [2.05, 4.69) is 14.5 Å². The second-order valence-electron chi connectivity index (χ2n) is 8.19. The molecular weight excluding hydrogens is 547 g/mol. The Morgan fingerprint density at radius 1 is 1.03 bits per heavy atom. The van der Waals surface area contributed by atoms with Gasteiger partial charge in [0.1, 0.15) is 30.9 Å². The molecule has 2 heterocycles. The number of benzene rings is 2. The van der Waals surface area contributed by atoms with Crippen LogP contribution in [-0.4, -0.2) is 54.2 Å². The van der Waals surface area contributed by atoms with E-state index in [1.54, 1.807) is 48.5 Å². The minimum Gasteiger partial charge on any atom is -0.459 e. The largest absolute Gasteiger partial charge is 0.523 e. The number of alkyl halides is 3. The molecule has 11 nitrogen and oxygen atoms in total. The molecule has 1 aromatic heterocycles. The Hall–Kier alpha value is -4.08. The van der Waals surface area contributed by atoms with Crippen molar-refractivity contribution in [2.24, 2.45) is 0 Å². The Labute approximate surface area is 219 Å². The number of nitrogens with one attached hydrogen (secondary N) is 1. The van der Waals surface area contributed by atoms with Crippen LogP contribution in [0.15, 0.2) is 77.7 Å². The summed E-state index contributed by atoms with van der Waals surface area (Å²) in [6, 6.07) is 17.0. The minimum atomic E-state index is -6.04. The first kappa shape index (κ1) is 27.9. The normalized spacial score (nSPS) is 19.4. The highest BCUT2D eigenvalue weighted by Gasteiger charge is 2.51. The van der Waals surface area contributed by atoms with Crippen molar-refractivity contribution in [2.75, 3.05) is 11.9 Å². The van der Waals surface area contributed by atoms with Crippen LogP contribution in [0, 0.1) is 0 Å². The van der Waals surface area contributed by atoms with Gasteiger partial charge < -0.3 is 14.8 Å². The Morgan fingerprint density at radius 2 is 1.64 bits per heavy atom. The highest BCUT2D eigenvalue weighted by molar-refractivity contribution is 7.87. The lowest BCUT2D eigenvalue weighted by atomic mass is 10.2. The maximum atomic E-state index is 13.0. The molecule has 4 rings (SSSR count). The van der Waals surface area contributed by atoms with E-state index in [9.17, 15) is 36.0 Å². The van der Waals surface area contributed by atoms with Crippen LogP contribution in [0.25, 0.3) is 0 Å². The van der Waals surface area contributed by atoms with E-state index in [0.717, 1.165) is 10.8 Å². The van der Waals surface area contributed by atoms with Gasteiger partial charge in [-0.05, 0) is 30.3 Å². The van der Waals surface area contributed by atoms with Crippen molar-refractivity contribution in [1.82, 2.24) is 9.55 Å². The minimum absolute atomic E-state index is 0.108. The summed E-state index contributed by atoms with van der Waals surface area (Å²) in [6.45, 7) is -0.671. The molecule has 1 aliphatic heterocycles. The molecule has 3 atom stereocenters. The van der Waals surface area contributed by atoms with Crippen molar-refractivity contribution < 1.29 is 44.8 Å². The van der Waals surface area contributed by atoms with Gasteiger partial charge in [0.15, 0.2) is 0 Å². The van der Waals surface area contributed by atoms with E-state index < -0.39 is 64.7 Å². The zero-order chi connectivity index (χ0) is 28.2. The first-order chi connectivity index (χ1) is 18.4. The summed E-state index contributed by atoms with van der Waals surface area (Å²) in [4.78, 5) is 41.0. The number of amides is 1. The van der Waals surface area contributed by atoms with Gasteiger partial charge in [-0.15, -0.1) is 0 Å². The van der Waals surface area contributed by atoms with Crippen LogP contribution < -0.4 is 11.0 Å². The number of esters is 1. The van der Waals surface area contributed by atoms with E-state index in [1.165, 1.54) is 18.2 Å². The maximum Gasteiger partial charge on any atom is 0.523 e. The van der Waals surface area contributed by atoms with Crippen molar-refractivity contribution in [3.63, 3.8) is 0 Å². The lowest BCUT2D eigenvalue weighted by molar-refractivity contribution is -0.0688. The van der Waals surface area contributed by atoms with Gasteiger partial charge in [-0.25, -0.2) is 9.59 Å². The lowest BCUT2D eigenvalue weighted by Gasteiger charge is -2.19. The first-order valence-corrected chi connectivity index (χ1v) is 12.7. The summed E-state index contributed by atoms with van der Waals surface area (Å²) in [5.41, 5.74) is -6.22.